The Morgan fingerprint density at radius 2 is 1.41 bits per heavy atom. The number of fused-ring (bicyclic) bond motifs is 2. The molecule has 46 heavy (non-hydrogen) atoms. The summed E-state index contributed by atoms with van der Waals surface area (Å²) in [5.41, 5.74) is 1.94. The predicted octanol–water partition coefficient (Wildman–Crippen LogP) is 8.37. The first kappa shape index (κ1) is 39.8. The molecule has 0 aromatic heterocycles. The molecule has 3 aromatic rings. The molecule has 1 saturated heterocycles. The fourth-order valence-electron chi connectivity index (χ4n) is 5.58. The van der Waals surface area contributed by atoms with Crippen LogP contribution in [0.2, 0.25) is 0 Å². The van der Waals surface area contributed by atoms with E-state index in [1.54, 1.807) is 18.2 Å². The molecule has 2 aliphatic heterocycles. The number of unbranched alkanes of at least 4 members (excludes halogenated alkanes) is 3. The molecule has 0 unspecified atom stereocenters. The fraction of sp³-hybridized carbons (Fsp3) is 0.471. The number of benzene rings is 3. The Hall–Kier alpha value is -2.34. The molecule has 0 bridgehead atoms. The van der Waals surface area contributed by atoms with Crippen LogP contribution in [0.3, 0.4) is 0 Å². The average molecular weight is 705 g/mol. The second-order valence-electron chi connectivity index (χ2n) is 11.3. The molecular formula is C34H46Cl2F3N3O3S. The Labute approximate surface area is 287 Å². The van der Waals surface area contributed by atoms with Crippen molar-refractivity contribution >= 4 is 48.0 Å². The Bertz CT molecular complexity index is 1340. The molecule has 256 valence electrons. The lowest BCUT2D eigenvalue weighted by Crippen LogP contribution is -2.47. The second kappa shape index (κ2) is 19.5. The van der Waals surface area contributed by atoms with Crippen LogP contribution < -0.4 is 4.90 Å². The number of alkyl halides is 3. The van der Waals surface area contributed by atoms with Gasteiger partial charge in [0.25, 0.3) is 0 Å². The van der Waals surface area contributed by atoms with E-state index in [-0.39, 0.29) is 42.9 Å². The third-order valence-corrected chi connectivity index (χ3v) is 9.19. The lowest BCUT2D eigenvalue weighted by Gasteiger charge is -2.36. The quantitative estimate of drug-likeness (QED) is 0.173. The molecule has 0 atom stereocenters. The highest BCUT2D eigenvalue weighted by Gasteiger charge is 2.33. The normalized spacial score (nSPS) is 14.7. The van der Waals surface area contributed by atoms with Crippen molar-refractivity contribution in [2.75, 3.05) is 57.3 Å². The molecule has 0 radical (unpaired) electrons. The number of aromatic hydroxyl groups is 2. The maximum atomic E-state index is 13.3. The van der Waals surface area contributed by atoms with Gasteiger partial charge in [-0.25, -0.2) is 0 Å². The summed E-state index contributed by atoms with van der Waals surface area (Å²) < 4.78 is 39.9. The second-order valence-corrected chi connectivity index (χ2v) is 12.4. The molecular weight excluding hydrogens is 658 g/mol. The number of phenols is 2. The number of aliphatic hydroxyl groups excluding tert-OH is 1. The minimum Gasteiger partial charge on any atom is -0.508 e. The summed E-state index contributed by atoms with van der Waals surface area (Å²) in [5, 5.41) is 27.6. The number of β-amino-alcohol motifs (C(OH)–C–C–N with tert-alkyl or cyclic N) is 1. The SMILES string of the molecule is CCCCCCc1ccc(O)cc1O.Cl.Cl.OCCN1CCN(CCCN2c3ccccc3Sc3ccc(C(F)(F)F)cc32)CC1. The number of anilines is 2. The van der Waals surface area contributed by atoms with Gasteiger partial charge in [0.1, 0.15) is 11.5 Å². The van der Waals surface area contributed by atoms with E-state index in [2.05, 4.69) is 16.7 Å². The minimum absolute atomic E-state index is 0. The van der Waals surface area contributed by atoms with Gasteiger partial charge in [0.05, 0.1) is 23.5 Å². The Morgan fingerprint density at radius 1 is 0.739 bits per heavy atom. The van der Waals surface area contributed by atoms with Gasteiger partial charge in [-0.1, -0.05) is 56.1 Å². The highest BCUT2D eigenvalue weighted by molar-refractivity contribution is 7.99. The van der Waals surface area contributed by atoms with Crippen molar-refractivity contribution in [1.82, 2.24) is 9.80 Å². The predicted molar refractivity (Wildman–Crippen MR) is 186 cm³/mol. The Morgan fingerprint density at radius 3 is 2.07 bits per heavy atom. The summed E-state index contributed by atoms with van der Waals surface area (Å²) in [5.74, 6) is 0.335. The van der Waals surface area contributed by atoms with Crippen LogP contribution in [0, 0.1) is 0 Å². The van der Waals surface area contributed by atoms with Crippen molar-refractivity contribution in [2.45, 2.75) is 61.4 Å². The maximum Gasteiger partial charge on any atom is 0.416 e. The number of phenolic OH excluding ortho intramolecular Hbond substituents is 2. The smallest absolute Gasteiger partial charge is 0.416 e. The number of hydrogen-bond donors (Lipinski definition) is 3. The summed E-state index contributed by atoms with van der Waals surface area (Å²) >= 11 is 1.53. The molecule has 0 saturated carbocycles. The van der Waals surface area contributed by atoms with Crippen molar-refractivity contribution < 1.29 is 28.5 Å². The van der Waals surface area contributed by atoms with Crippen LogP contribution in [-0.4, -0.2) is 77.5 Å². The van der Waals surface area contributed by atoms with Gasteiger partial charge in [-0.3, -0.25) is 4.90 Å². The summed E-state index contributed by atoms with van der Waals surface area (Å²) in [6.07, 6.45) is 2.20. The molecule has 5 rings (SSSR count). The molecule has 0 aliphatic carbocycles. The number of aliphatic hydroxyl groups is 1. The Kier molecular flexibility index (Phi) is 16.9. The van der Waals surface area contributed by atoms with E-state index in [0.29, 0.717) is 18.8 Å². The number of para-hydroxylation sites is 1. The number of piperazine rings is 1. The van der Waals surface area contributed by atoms with Gasteiger partial charge in [-0.15, -0.1) is 24.8 Å². The molecule has 3 N–H and O–H groups in total. The van der Waals surface area contributed by atoms with Gasteiger partial charge in [0, 0.05) is 55.1 Å². The van der Waals surface area contributed by atoms with E-state index in [4.69, 9.17) is 10.2 Å². The standard InChI is InChI=1S/C22H26F3N3OS.C12H18O2.2ClH/c23-22(24,25)17-6-7-21-19(16-17)28(18-4-1-2-5-20(18)30-21)9-3-8-26-10-12-27(13-11-26)14-15-29;1-2-3-4-5-6-10-7-8-11(13)9-12(10)14;;/h1-2,4-7,16,29H,3,8-15H2;7-9,13-14H,2-6H2,1H3;2*1H. The van der Waals surface area contributed by atoms with Crippen molar-refractivity contribution in [1.29, 1.82) is 0 Å². The molecule has 0 spiro atoms. The third-order valence-electron chi connectivity index (χ3n) is 8.06. The van der Waals surface area contributed by atoms with Crippen LogP contribution in [0.5, 0.6) is 11.5 Å². The highest BCUT2D eigenvalue weighted by Crippen LogP contribution is 2.49. The first-order chi connectivity index (χ1) is 21.2. The third kappa shape index (κ3) is 11.4. The van der Waals surface area contributed by atoms with Crippen LogP contribution >= 0.6 is 36.6 Å². The van der Waals surface area contributed by atoms with Crippen molar-refractivity contribution in [3.8, 4) is 11.5 Å². The maximum absolute atomic E-state index is 13.3. The lowest BCUT2D eigenvalue weighted by atomic mass is 10.1. The van der Waals surface area contributed by atoms with E-state index in [1.807, 2.05) is 29.2 Å². The van der Waals surface area contributed by atoms with Crippen LogP contribution in [0.1, 0.15) is 50.2 Å². The van der Waals surface area contributed by atoms with Crippen molar-refractivity contribution in [2.24, 2.45) is 0 Å². The van der Waals surface area contributed by atoms with E-state index in [1.165, 1.54) is 49.2 Å². The Balaban J connectivity index is 0.000000392. The summed E-state index contributed by atoms with van der Waals surface area (Å²) in [4.78, 5) is 8.62. The van der Waals surface area contributed by atoms with Gasteiger partial charge in [-0.05, 0) is 67.8 Å². The van der Waals surface area contributed by atoms with Crippen LogP contribution in [0.25, 0.3) is 0 Å². The minimum atomic E-state index is -4.35. The van der Waals surface area contributed by atoms with Gasteiger partial charge in [0.15, 0.2) is 0 Å². The zero-order valence-electron chi connectivity index (χ0n) is 26.2. The van der Waals surface area contributed by atoms with Crippen molar-refractivity contribution in [3.05, 3.63) is 71.8 Å². The van der Waals surface area contributed by atoms with Crippen LogP contribution in [0.4, 0.5) is 24.5 Å². The molecule has 2 heterocycles. The number of rotatable bonds is 11. The number of halogens is 5. The van der Waals surface area contributed by atoms with Gasteiger partial charge in [0.2, 0.25) is 0 Å². The molecule has 0 amide bonds. The topological polar surface area (TPSA) is 70.4 Å². The van der Waals surface area contributed by atoms with E-state index < -0.39 is 11.7 Å². The molecule has 1 fully saturated rings. The zero-order valence-corrected chi connectivity index (χ0v) is 28.7. The average Bonchev–Trinajstić information content (AvgIpc) is 3.00. The van der Waals surface area contributed by atoms with Crippen molar-refractivity contribution in [3.63, 3.8) is 0 Å². The largest absolute Gasteiger partial charge is 0.508 e. The number of hydrogen-bond acceptors (Lipinski definition) is 7. The van der Waals surface area contributed by atoms with Gasteiger partial charge >= 0.3 is 6.18 Å². The first-order valence-corrected chi connectivity index (χ1v) is 16.3. The summed E-state index contributed by atoms with van der Waals surface area (Å²) in [6, 6.07) is 16.8. The van der Waals surface area contributed by atoms with Crippen LogP contribution in [0.15, 0.2) is 70.5 Å². The van der Waals surface area contributed by atoms with Crippen LogP contribution in [-0.2, 0) is 12.6 Å². The lowest BCUT2D eigenvalue weighted by molar-refractivity contribution is -0.137. The molecule has 6 nitrogen and oxygen atoms in total. The molecule has 3 aromatic carbocycles. The van der Waals surface area contributed by atoms with E-state index in [0.717, 1.165) is 73.0 Å². The van der Waals surface area contributed by atoms with Gasteiger partial charge in [-0.2, -0.15) is 13.2 Å². The monoisotopic (exact) mass is 703 g/mol. The summed E-state index contributed by atoms with van der Waals surface area (Å²) in [7, 11) is 0. The highest BCUT2D eigenvalue weighted by atomic mass is 35.5. The number of nitrogens with zero attached hydrogens (tertiary/aromatic N) is 3. The zero-order chi connectivity index (χ0) is 31.5. The first-order valence-electron chi connectivity index (χ1n) is 15.5. The molecule has 2 aliphatic rings. The van der Waals surface area contributed by atoms with E-state index >= 15 is 0 Å². The van der Waals surface area contributed by atoms with Gasteiger partial charge < -0.3 is 25.1 Å². The summed E-state index contributed by atoms with van der Waals surface area (Å²) in [6.45, 7) is 8.47. The number of aryl methyl sites for hydroxylation is 1. The fourth-order valence-corrected chi connectivity index (χ4v) is 6.66. The molecule has 12 heteroatoms. The van der Waals surface area contributed by atoms with E-state index in [9.17, 15) is 18.3 Å².